The molecular weight excluding hydrogens is 562 g/mol. The van der Waals surface area contributed by atoms with Crippen molar-refractivity contribution in [3.8, 4) is 0 Å². The van der Waals surface area contributed by atoms with E-state index in [-0.39, 0.29) is 30.7 Å². The molecule has 3 aromatic carbocycles. The number of carbonyl (C=O) groups is 3. The number of rotatable bonds is 5. The summed E-state index contributed by atoms with van der Waals surface area (Å²) in [5.74, 6) is -1.88. The van der Waals surface area contributed by atoms with Crippen LogP contribution in [0.5, 0.6) is 0 Å². The topological polar surface area (TPSA) is 89.6 Å². The van der Waals surface area contributed by atoms with Crippen molar-refractivity contribution in [1.82, 2.24) is 10.2 Å². The van der Waals surface area contributed by atoms with E-state index in [9.17, 15) is 14.4 Å². The summed E-state index contributed by atoms with van der Waals surface area (Å²) in [6.45, 7) is 4.59. The summed E-state index contributed by atoms with van der Waals surface area (Å²) in [6, 6.07) is 21.1. The van der Waals surface area contributed by atoms with Gasteiger partial charge in [-0.1, -0.05) is 36.4 Å². The Hall–Kier alpha value is -4.72. The first-order valence-corrected chi connectivity index (χ1v) is 16.2. The molecule has 3 aliphatic rings. The van der Waals surface area contributed by atoms with Crippen molar-refractivity contribution in [3.05, 3.63) is 100 Å². The molecule has 2 aliphatic heterocycles. The molecule has 0 radical (unpaired) electrons. The number of aromatic nitrogens is 2. The molecule has 1 aromatic heterocycles. The van der Waals surface area contributed by atoms with Gasteiger partial charge in [-0.2, -0.15) is 5.10 Å². The minimum atomic E-state index is -1.04. The molecule has 1 atom stereocenters. The number of H-pyrrole nitrogens is 1. The highest BCUT2D eigenvalue weighted by Gasteiger charge is 2.43. The molecule has 0 bridgehead atoms. The molecule has 0 spiro atoms. The molecular formula is C37H39N5O3. The van der Waals surface area contributed by atoms with Crippen molar-refractivity contribution in [2.24, 2.45) is 5.92 Å². The first kappa shape index (κ1) is 29.0. The van der Waals surface area contributed by atoms with Gasteiger partial charge in [-0.25, -0.2) is 0 Å². The normalized spacial score (nSPS) is 18.2. The van der Waals surface area contributed by atoms with Crippen LogP contribution in [0.15, 0.2) is 66.7 Å². The Balaban J connectivity index is 1.31. The highest BCUT2D eigenvalue weighted by Crippen LogP contribution is 2.40. The summed E-state index contributed by atoms with van der Waals surface area (Å²) in [4.78, 5) is 48.7. The Morgan fingerprint density at radius 1 is 0.822 bits per heavy atom. The molecule has 8 nitrogen and oxygen atoms in total. The summed E-state index contributed by atoms with van der Waals surface area (Å²) in [7, 11) is 0. The van der Waals surface area contributed by atoms with Gasteiger partial charge in [0.15, 0.2) is 0 Å². The van der Waals surface area contributed by atoms with E-state index in [1.165, 1.54) is 11.1 Å². The second kappa shape index (κ2) is 12.0. The van der Waals surface area contributed by atoms with E-state index in [0.29, 0.717) is 23.6 Å². The number of benzene rings is 3. The number of hydrogen-bond donors (Lipinski definition) is 1. The van der Waals surface area contributed by atoms with E-state index < -0.39 is 5.92 Å². The lowest BCUT2D eigenvalue weighted by atomic mass is 9.91. The summed E-state index contributed by atoms with van der Waals surface area (Å²) >= 11 is 0. The van der Waals surface area contributed by atoms with Crippen LogP contribution in [0.25, 0.3) is 0 Å². The molecule has 7 rings (SSSR count). The van der Waals surface area contributed by atoms with Gasteiger partial charge in [0.05, 0.1) is 17.1 Å². The highest BCUT2D eigenvalue weighted by molar-refractivity contribution is 6.21. The molecule has 3 heterocycles. The minimum Gasteiger partial charge on any atom is -0.311 e. The van der Waals surface area contributed by atoms with Gasteiger partial charge in [-0.05, 0) is 111 Å². The van der Waals surface area contributed by atoms with Crippen LogP contribution in [0.2, 0.25) is 0 Å². The largest absolute Gasteiger partial charge is 0.311 e. The average Bonchev–Trinajstić information content (AvgIpc) is 3.29. The number of carbonyl (C=O) groups excluding carboxylic acids is 3. The first-order chi connectivity index (χ1) is 21.9. The lowest BCUT2D eigenvalue weighted by Gasteiger charge is -2.29. The Bertz CT molecular complexity index is 1780. The molecule has 1 aliphatic carbocycles. The number of anilines is 4. The van der Waals surface area contributed by atoms with Crippen LogP contribution >= 0.6 is 0 Å². The molecule has 4 aromatic rings. The lowest BCUT2D eigenvalue weighted by molar-refractivity contribution is -0.132. The maximum Gasteiger partial charge on any atom is 0.247 e. The van der Waals surface area contributed by atoms with Gasteiger partial charge in [0, 0.05) is 30.0 Å². The molecule has 230 valence electrons. The number of aryl methyl sites for hydroxylation is 3. The second-order valence-electron chi connectivity index (χ2n) is 12.6. The highest BCUT2D eigenvalue weighted by atomic mass is 16.2. The third-order valence-corrected chi connectivity index (χ3v) is 9.59. The quantitative estimate of drug-likeness (QED) is 0.278. The Kier molecular flexibility index (Phi) is 7.73. The van der Waals surface area contributed by atoms with Crippen LogP contribution in [-0.4, -0.2) is 41.0 Å². The smallest absolute Gasteiger partial charge is 0.247 e. The molecule has 1 N–H and O–H groups in total. The number of hydrogen-bond acceptors (Lipinski definition) is 4. The van der Waals surface area contributed by atoms with Crippen molar-refractivity contribution in [3.63, 3.8) is 0 Å². The molecule has 8 heteroatoms. The summed E-state index contributed by atoms with van der Waals surface area (Å²) < 4.78 is 0. The Morgan fingerprint density at radius 2 is 1.53 bits per heavy atom. The minimum absolute atomic E-state index is 0.150. The van der Waals surface area contributed by atoms with Gasteiger partial charge in [0.1, 0.15) is 12.5 Å². The van der Waals surface area contributed by atoms with Crippen LogP contribution in [-0.2, 0) is 40.1 Å². The van der Waals surface area contributed by atoms with Gasteiger partial charge < -0.3 is 9.80 Å². The van der Waals surface area contributed by atoms with Crippen LogP contribution in [0.4, 0.5) is 22.7 Å². The monoisotopic (exact) mass is 601 g/mol. The van der Waals surface area contributed by atoms with Gasteiger partial charge >= 0.3 is 0 Å². The summed E-state index contributed by atoms with van der Waals surface area (Å²) in [6.07, 6.45) is 6.96. The zero-order valence-corrected chi connectivity index (χ0v) is 26.0. The van der Waals surface area contributed by atoms with E-state index in [1.54, 1.807) is 9.80 Å². The number of para-hydroxylation sites is 3. The molecule has 0 saturated heterocycles. The third kappa shape index (κ3) is 5.32. The molecule has 0 fully saturated rings. The van der Waals surface area contributed by atoms with Crippen LogP contribution in [0.3, 0.4) is 0 Å². The van der Waals surface area contributed by atoms with Gasteiger partial charge in [-0.3, -0.25) is 24.4 Å². The van der Waals surface area contributed by atoms with Crippen molar-refractivity contribution in [2.45, 2.75) is 65.2 Å². The molecule has 1 unspecified atom stereocenters. The van der Waals surface area contributed by atoms with E-state index in [1.807, 2.05) is 59.5 Å². The van der Waals surface area contributed by atoms with E-state index in [0.717, 1.165) is 73.1 Å². The number of aromatic amines is 1. The van der Waals surface area contributed by atoms with Crippen molar-refractivity contribution in [2.75, 3.05) is 27.8 Å². The number of nitrogens with zero attached hydrogens (tertiary/aromatic N) is 4. The Morgan fingerprint density at radius 3 is 2.36 bits per heavy atom. The zero-order chi connectivity index (χ0) is 31.1. The molecule has 3 amide bonds. The number of fused-ring (bicyclic) bond motifs is 3. The van der Waals surface area contributed by atoms with Gasteiger partial charge in [0.2, 0.25) is 17.7 Å². The first-order valence-electron chi connectivity index (χ1n) is 16.2. The number of amides is 3. The SMILES string of the molecule is Cc1cc(C)c2c(c1)N(C(=O)CN1C(=O)C(Cc3n[nH]c4c3CCCC4)C(=O)N(c3ccccc3)c3ccccc31)CCCC2. The fourth-order valence-electron chi connectivity index (χ4n) is 7.37. The Labute approximate surface area is 264 Å². The molecule has 0 saturated carbocycles. The average molecular weight is 602 g/mol. The fraction of sp³-hybridized carbons (Fsp3) is 0.351. The predicted octanol–water partition coefficient (Wildman–Crippen LogP) is 6.15. The zero-order valence-electron chi connectivity index (χ0n) is 26.0. The lowest BCUT2D eigenvalue weighted by Crippen LogP contribution is -2.47. The summed E-state index contributed by atoms with van der Waals surface area (Å²) in [5.41, 5.74) is 9.25. The second-order valence-corrected chi connectivity index (χ2v) is 12.6. The van der Waals surface area contributed by atoms with Gasteiger partial charge in [-0.15, -0.1) is 0 Å². The fourth-order valence-corrected chi connectivity index (χ4v) is 7.37. The van der Waals surface area contributed by atoms with Gasteiger partial charge in [0.25, 0.3) is 0 Å². The maximum absolute atomic E-state index is 14.7. The molecule has 45 heavy (non-hydrogen) atoms. The van der Waals surface area contributed by atoms with Crippen LogP contribution in [0.1, 0.15) is 59.3 Å². The third-order valence-electron chi connectivity index (χ3n) is 9.59. The van der Waals surface area contributed by atoms with Crippen molar-refractivity contribution in [1.29, 1.82) is 0 Å². The van der Waals surface area contributed by atoms with Crippen LogP contribution < -0.4 is 14.7 Å². The van der Waals surface area contributed by atoms with E-state index >= 15 is 0 Å². The van der Waals surface area contributed by atoms with Crippen LogP contribution in [0, 0.1) is 19.8 Å². The van der Waals surface area contributed by atoms with E-state index in [4.69, 9.17) is 0 Å². The van der Waals surface area contributed by atoms with E-state index in [2.05, 4.69) is 36.2 Å². The summed E-state index contributed by atoms with van der Waals surface area (Å²) in [5, 5.41) is 7.78. The van der Waals surface area contributed by atoms with Crippen molar-refractivity contribution >= 4 is 40.5 Å². The number of nitrogens with one attached hydrogen (secondary N) is 1. The standard InChI is InChI=1S/C37H39N5O3/c1-24-20-25(2)27-14-10-11-19-40(34(27)21-24)35(43)23-41-32-17-8-9-18-33(32)42(26-12-4-3-5-13-26)37(45)29(36(41)44)22-31-28-15-6-7-16-30(28)38-39-31/h3-5,8-9,12-13,17-18,20-21,29H,6-7,10-11,14-16,19,22-23H2,1-2H3,(H,38,39). The predicted molar refractivity (Wildman–Crippen MR) is 176 cm³/mol. The maximum atomic E-state index is 14.7. The van der Waals surface area contributed by atoms with Crippen molar-refractivity contribution < 1.29 is 14.4 Å².